The molecule has 114 valence electrons. The van der Waals surface area contributed by atoms with Gasteiger partial charge >= 0.3 is 0 Å². The maximum absolute atomic E-state index is 11.2. The van der Waals surface area contributed by atoms with Crippen LogP contribution < -0.4 is 4.74 Å². The summed E-state index contributed by atoms with van der Waals surface area (Å²) < 4.78 is 7.34. The zero-order valence-corrected chi connectivity index (χ0v) is 12.0. The Bertz CT molecular complexity index is 904. The van der Waals surface area contributed by atoms with Crippen LogP contribution in [0.2, 0.25) is 0 Å². The molecule has 0 aliphatic carbocycles. The van der Waals surface area contributed by atoms with Crippen LogP contribution in [0, 0.1) is 10.1 Å². The molecule has 0 atom stereocenters. The lowest BCUT2D eigenvalue weighted by atomic mass is 10.1. The van der Waals surface area contributed by atoms with Crippen molar-refractivity contribution in [3.63, 3.8) is 0 Å². The largest absolute Gasteiger partial charge is 0.486 e. The molecule has 23 heavy (non-hydrogen) atoms. The predicted molar refractivity (Wildman–Crippen MR) is 82.0 cm³/mol. The minimum Gasteiger partial charge on any atom is -0.486 e. The van der Waals surface area contributed by atoms with Gasteiger partial charge in [-0.3, -0.25) is 10.1 Å². The Morgan fingerprint density at radius 2 is 1.96 bits per heavy atom. The Balaban J connectivity index is 1.80. The maximum Gasteiger partial charge on any atom is 0.274 e. The van der Waals surface area contributed by atoms with Gasteiger partial charge in [-0.05, 0) is 12.1 Å². The van der Waals surface area contributed by atoms with Crippen LogP contribution in [-0.2, 0) is 13.2 Å². The van der Waals surface area contributed by atoms with Crippen LogP contribution in [0.15, 0.2) is 48.5 Å². The van der Waals surface area contributed by atoms with Crippen molar-refractivity contribution >= 4 is 5.69 Å². The molecule has 0 radical (unpaired) electrons. The average Bonchev–Trinajstić information content (AvgIpc) is 2.98. The van der Waals surface area contributed by atoms with Crippen molar-refractivity contribution in [2.24, 2.45) is 0 Å². The molecule has 0 N–H and O–H groups in total. The quantitative estimate of drug-likeness (QED) is 0.549. The highest BCUT2D eigenvalue weighted by molar-refractivity contribution is 5.70. The summed E-state index contributed by atoms with van der Waals surface area (Å²) in [5.41, 5.74) is 3.16. The zero-order valence-electron chi connectivity index (χ0n) is 12.0. The van der Waals surface area contributed by atoms with E-state index >= 15 is 0 Å². The number of nitrogens with zero attached hydrogens (tertiary/aromatic N) is 4. The Hall–Kier alpha value is -3.22. The van der Waals surface area contributed by atoms with Crippen LogP contribution in [0.3, 0.4) is 0 Å². The fraction of sp³-hybridized carbons (Fsp3) is 0.125. The summed E-state index contributed by atoms with van der Waals surface area (Å²) in [5.74, 6) is 0.770. The standard InChI is InChI=1S/C16H12N4O3/c21-20(22)14-7-3-1-5-11(14)9-19-16-12-6-2-4-8-15(12)23-10-13(16)17-18-19/h1-8H,9-10H2. The van der Waals surface area contributed by atoms with Crippen molar-refractivity contribution in [1.82, 2.24) is 15.0 Å². The van der Waals surface area contributed by atoms with Gasteiger partial charge < -0.3 is 4.74 Å². The third-order valence-electron chi connectivity index (χ3n) is 3.82. The lowest BCUT2D eigenvalue weighted by Crippen LogP contribution is -2.10. The van der Waals surface area contributed by atoms with Gasteiger partial charge in [-0.25, -0.2) is 4.68 Å². The van der Waals surface area contributed by atoms with Crippen LogP contribution >= 0.6 is 0 Å². The first kappa shape index (κ1) is 13.4. The maximum atomic E-state index is 11.2. The van der Waals surface area contributed by atoms with Gasteiger partial charge in [-0.2, -0.15) is 0 Å². The van der Waals surface area contributed by atoms with E-state index in [0.29, 0.717) is 12.2 Å². The van der Waals surface area contributed by atoms with Crippen molar-refractivity contribution in [3.8, 4) is 17.0 Å². The lowest BCUT2D eigenvalue weighted by Gasteiger charge is -2.17. The van der Waals surface area contributed by atoms with Crippen LogP contribution in [0.4, 0.5) is 5.69 Å². The van der Waals surface area contributed by atoms with Gasteiger partial charge in [0, 0.05) is 11.6 Å². The van der Waals surface area contributed by atoms with E-state index in [9.17, 15) is 10.1 Å². The Morgan fingerprint density at radius 1 is 1.17 bits per heavy atom. The first-order valence-corrected chi connectivity index (χ1v) is 7.11. The van der Waals surface area contributed by atoms with Crippen LogP contribution in [0.5, 0.6) is 5.75 Å². The van der Waals surface area contributed by atoms with Crippen LogP contribution in [0.25, 0.3) is 11.3 Å². The highest BCUT2D eigenvalue weighted by Gasteiger charge is 2.24. The number of rotatable bonds is 3. The number of nitro groups is 1. The number of hydrogen-bond acceptors (Lipinski definition) is 5. The van der Waals surface area contributed by atoms with Gasteiger partial charge in [0.15, 0.2) is 0 Å². The van der Waals surface area contributed by atoms with E-state index in [0.717, 1.165) is 22.7 Å². The molecule has 0 fully saturated rings. The highest BCUT2D eigenvalue weighted by Crippen LogP contribution is 2.36. The third kappa shape index (κ3) is 2.22. The second-order valence-corrected chi connectivity index (χ2v) is 5.21. The molecule has 7 nitrogen and oxygen atoms in total. The molecule has 0 bridgehead atoms. The molecular weight excluding hydrogens is 296 g/mol. The van der Waals surface area contributed by atoms with Crippen molar-refractivity contribution in [3.05, 3.63) is 69.9 Å². The van der Waals surface area contributed by atoms with E-state index in [2.05, 4.69) is 10.3 Å². The first-order valence-electron chi connectivity index (χ1n) is 7.11. The summed E-state index contributed by atoms with van der Waals surface area (Å²) in [4.78, 5) is 10.8. The summed E-state index contributed by atoms with van der Waals surface area (Å²) in [6.07, 6.45) is 0. The molecule has 0 spiro atoms. The van der Waals surface area contributed by atoms with E-state index < -0.39 is 0 Å². The SMILES string of the molecule is O=[N+]([O-])c1ccccc1Cn1nnc2c1-c1ccccc1OC2. The second-order valence-electron chi connectivity index (χ2n) is 5.21. The number of fused-ring (bicyclic) bond motifs is 3. The number of ether oxygens (including phenoxy) is 1. The molecule has 2 heterocycles. The number of aromatic nitrogens is 3. The average molecular weight is 308 g/mol. The number of para-hydroxylation sites is 2. The summed E-state index contributed by atoms with van der Waals surface area (Å²) in [7, 11) is 0. The smallest absolute Gasteiger partial charge is 0.274 e. The molecule has 2 aromatic carbocycles. The number of nitro benzene ring substituents is 1. The molecule has 4 rings (SSSR count). The topological polar surface area (TPSA) is 83.1 Å². The fourth-order valence-electron chi connectivity index (χ4n) is 2.77. The summed E-state index contributed by atoms with van der Waals surface area (Å²) in [6, 6.07) is 14.3. The van der Waals surface area contributed by atoms with E-state index in [1.807, 2.05) is 24.3 Å². The zero-order chi connectivity index (χ0) is 15.8. The Morgan fingerprint density at radius 3 is 2.83 bits per heavy atom. The summed E-state index contributed by atoms with van der Waals surface area (Å²) in [6.45, 7) is 0.636. The van der Waals surface area contributed by atoms with Crippen LogP contribution in [-0.4, -0.2) is 19.9 Å². The number of benzene rings is 2. The second kappa shape index (κ2) is 5.20. The Labute approximate surface area is 131 Å². The molecule has 7 heteroatoms. The predicted octanol–water partition coefficient (Wildman–Crippen LogP) is 2.79. The molecule has 0 unspecified atom stereocenters. The molecule has 1 aliphatic heterocycles. The number of hydrogen-bond donors (Lipinski definition) is 0. The van der Waals surface area contributed by atoms with Gasteiger partial charge in [0.05, 0.1) is 22.7 Å². The molecular formula is C16H12N4O3. The normalized spacial score (nSPS) is 12.2. The minimum absolute atomic E-state index is 0.0806. The van der Waals surface area contributed by atoms with E-state index in [4.69, 9.17) is 4.74 Å². The van der Waals surface area contributed by atoms with E-state index in [1.54, 1.807) is 22.9 Å². The lowest BCUT2D eigenvalue weighted by molar-refractivity contribution is -0.385. The molecule has 1 aliphatic rings. The summed E-state index contributed by atoms with van der Waals surface area (Å²) >= 11 is 0. The van der Waals surface area contributed by atoms with E-state index in [1.165, 1.54) is 6.07 Å². The monoisotopic (exact) mass is 308 g/mol. The molecule has 0 amide bonds. The van der Waals surface area contributed by atoms with Gasteiger partial charge in [0.2, 0.25) is 0 Å². The Kier molecular flexibility index (Phi) is 3.04. The highest BCUT2D eigenvalue weighted by atomic mass is 16.6. The minimum atomic E-state index is -0.379. The molecule has 0 saturated carbocycles. The van der Waals surface area contributed by atoms with Crippen molar-refractivity contribution in [1.29, 1.82) is 0 Å². The van der Waals surface area contributed by atoms with Crippen molar-refractivity contribution < 1.29 is 9.66 Å². The molecule has 3 aromatic rings. The van der Waals surface area contributed by atoms with Crippen molar-refractivity contribution in [2.45, 2.75) is 13.2 Å². The molecule has 0 saturated heterocycles. The van der Waals surface area contributed by atoms with Crippen LogP contribution in [0.1, 0.15) is 11.3 Å². The van der Waals surface area contributed by atoms with Gasteiger partial charge in [-0.15, -0.1) is 5.10 Å². The van der Waals surface area contributed by atoms with Gasteiger partial charge in [0.1, 0.15) is 18.1 Å². The van der Waals surface area contributed by atoms with Crippen molar-refractivity contribution in [2.75, 3.05) is 0 Å². The fourth-order valence-corrected chi connectivity index (χ4v) is 2.77. The van der Waals surface area contributed by atoms with E-state index in [-0.39, 0.29) is 17.2 Å². The van der Waals surface area contributed by atoms with Gasteiger partial charge in [0.25, 0.3) is 5.69 Å². The summed E-state index contributed by atoms with van der Waals surface area (Å²) in [5, 5.41) is 19.5. The third-order valence-corrected chi connectivity index (χ3v) is 3.82. The van der Waals surface area contributed by atoms with Gasteiger partial charge in [-0.1, -0.05) is 35.5 Å². The molecule has 1 aromatic heterocycles. The first-order chi connectivity index (χ1) is 11.2.